The lowest BCUT2D eigenvalue weighted by atomic mass is 10.0. The molecule has 0 atom stereocenters. The van der Waals surface area contributed by atoms with Crippen LogP contribution in [0.3, 0.4) is 0 Å². The number of thioether (sulfide) groups is 1. The number of nitrogens with one attached hydrogen (secondary N) is 1. The Balaban J connectivity index is 2.06. The van der Waals surface area contributed by atoms with Gasteiger partial charge in [0.05, 0.1) is 16.3 Å². The van der Waals surface area contributed by atoms with Crippen molar-refractivity contribution in [3.05, 3.63) is 63.8 Å². The molecule has 0 saturated heterocycles. The largest absolute Gasteiger partial charge is 0.356 e. The number of anilines is 1. The van der Waals surface area contributed by atoms with Crippen molar-refractivity contribution in [3.63, 3.8) is 0 Å². The van der Waals surface area contributed by atoms with Gasteiger partial charge in [-0.1, -0.05) is 41.4 Å². The molecular weight excluding hydrogens is 323 g/mol. The first-order valence-corrected chi connectivity index (χ1v) is 8.00. The summed E-state index contributed by atoms with van der Waals surface area (Å²) in [6.07, 6.45) is 0. The van der Waals surface area contributed by atoms with E-state index in [2.05, 4.69) is 17.5 Å². The van der Waals surface area contributed by atoms with E-state index >= 15 is 0 Å². The van der Waals surface area contributed by atoms with Crippen molar-refractivity contribution < 1.29 is 0 Å². The molecule has 0 saturated carbocycles. The number of nitriles is 1. The van der Waals surface area contributed by atoms with E-state index in [4.69, 9.17) is 23.2 Å². The van der Waals surface area contributed by atoms with E-state index < -0.39 is 0 Å². The lowest BCUT2D eigenvalue weighted by molar-refractivity contribution is 1.29. The van der Waals surface area contributed by atoms with E-state index in [0.717, 1.165) is 11.4 Å². The molecule has 0 aromatic heterocycles. The van der Waals surface area contributed by atoms with Gasteiger partial charge in [0.2, 0.25) is 0 Å². The van der Waals surface area contributed by atoms with Gasteiger partial charge in [0.15, 0.2) is 0 Å². The molecule has 1 heterocycles. The number of hydrogen-bond acceptors (Lipinski definition) is 3. The average Bonchev–Trinajstić information content (AvgIpc) is 2.50. The molecule has 21 heavy (non-hydrogen) atoms. The third-order valence-electron chi connectivity index (χ3n) is 3.16. The van der Waals surface area contributed by atoms with Gasteiger partial charge in [-0.3, -0.25) is 0 Å². The topological polar surface area (TPSA) is 35.8 Å². The van der Waals surface area contributed by atoms with E-state index in [-0.39, 0.29) is 0 Å². The number of benzene rings is 2. The smallest absolute Gasteiger partial charge is 0.102 e. The van der Waals surface area contributed by atoms with E-state index in [1.54, 1.807) is 30.0 Å². The minimum atomic E-state index is 0.484. The zero-order valence-corrected chi connectivity index (χ0v) is 13.2. The molecule has 2 aromatic carbocycles. The maximum atomic E-state index is 9.52. The van der Waals surface area contributed by atoms with Gasteiger partial charge >= 0.3 is 0 Å². The first-order valence-electron chi connectivity index (χ1n) is 6.26. The molecule has 104 valence electrons. The van der Waals surface area contributed by atoms with Gasteiger partial charge in [-0.15, -0.1) is 11.8 Å². The zero-order valence-electron chi connectivity index (χ0n) is 10.9. The lowest BCUT2D eigenvalue weighted by Crippen LogP contribution is -2.10. The number of hydrogen-bond donors (Lipinski definition) is 1. The summed E-state index contributed by atoms with van der Waals surface area (Å²) in [4.78, 5) is 1.18. The van der Waals surface area contributed by atoms with Gasteiger partial charge in [-0.2, -0.15) is 5.26 Å². The Kier molecular flexibility index (Phi) is 4.12. The van der Waals surface area contributed by atoms with Gasteiger partial charge < -0.3 is 5.32 Å². The highest BCUT2D eigenvalue weighted by Crippen LogP contribution is 2.37. The monoisotopic (exact) mass is 332 g/mol. The van der Waals surface area contributed by atoms with Gasteiger partial charge in [0.25, 0.3) is 0 Å². The Morgan fingerprint density at radius 1 is 1.19 bits per heavy atom. The Labute approximate surface area is 137 Å². The SMILES string of the molecule is N#CC(=C1CSc2ccccc2N1)c1ccc(Cl)cc1Cl. The molecule has 0 amide bonds. The van der Waals surface area contributed by atoms with E-state index in [1.165, 1.54) is 4.90 Å². The maximum absolute atomic E-state index is 9.52. The highest BCUT2D eigenvalue weighted by atomic mass is 35.5. The number of nitrogens with zero attached hydrogens (tertiary/aromatic N) is 1. The zero-order chi connectivity index (χ0) is 14.8. The van der Waals surface area contributed by atoms with E-state index in [0.29, 0.717) is 26.9 Å². The van der Waals surface area contributed by atoms with Gasteiger partial charge in [0, 0.05) is 26.9 Å². The molecule has 1 aliphatic heterocycles. The van der Waals surface area contributed by atoms with Crippen LogP contribution in [-0.2, 0) is 0 Å². The molecule has 0 unspecified atom stereocenters. The second kappa shape index (κ2) is 6.03. The summed E-state index contributed by atoms with van der Waals surface area (Å²) in [7, 11) is 0. The van der Waals surface area contributed by atoms with Crippen molar-refractivity contribution in [2.24, 2.45) is 0 Å². The Morgan fingerprint density at radius 2 is 2.00 bits per heavy atom. The number of para-hydroxylation sites is 1. The highest BCUT2D eigenvalue weighted by molar-refractivity contribution is 7.99. The van der Waals surface area contributed by atoms with Crippen LogP contribution in [0.1, 0.15) is 5.56 Å². The van der Waals surface area contributed by atoms with E-state index in [9.17, 15) is 5.26 Å². The number of halogens is 2. The van der Waals surface area contributed by atoms with Crippen molar-refractivity contribution >= 4 is 46.2 Å². The van der Waals surface area contributed by atoms with Crippen LogP contribution in [0.2, 0.25) is 10.0 Å². The van der Waals surface area contributed by atoms with Crippen LogP contribution in [-0.4, -0.2) is 5.75 Å². The molecule has 2 nitrogen and oxygen atoms in total. The molecule has 0 radical (unpaired) electrons. The van der Waals surface area contributed by atoms with Crippen molar-refractivity contribution in [2.75, 3.05) is 11.1 Å². The predicted octanol–water partition coefficient (Wildman–Crippen LogP) is 5.45. The third kappa shape index (κ3) is 2.89. The summed E-state index contributed by atoms with van der Waals surface area (Å²) < 4.78 is 0. The summed E-state index contributed by atoms with van der Waals surface area (Å²) in [5, 5.41) is 13.9. The Morgan fingerprint density at radius 3 is 2.76 bits per heavy atom. The van der Waals surface area contributed by atoms with Crippen LogP contribution in [0.25, 0.3) is 5.57 Å². The maximum Gasteiger partial charge on any atom is 0.102 e. The summed E-state index contributed by atoms with van der Waals surface area (Å²) in [6, 6.07) is 15.5. The Hall–Kier alpha value is -1.60. The molecule has 0 fully saturated rings. The van der Waals surface area contributed by atoms with Crippen LogP contribution >= 0.6 is 35.0 Å². The standard InChI is InChI=1S/C16H10Cl2N2S/c17-10-5-6-11(13(18)7-10)12(8-19)15-9-21-16-4-2-1-3-14(16)20-15/h1-7,20H,9H2. The van der Waals surface area contributed by atoms with Gasteiger partial charge in [0.1, 0.15) is 6.07 Å². The van der Waals surface area contributed by atoms with E-state index in [1.807, 2.05) is 18.2 Å². The molecule has 0 aliphatic carbocycles. The Bertz CT molecular complexity index is 778. The number of allylic oxidation sites excluding steroid dienone is 1. The summed E-state index contributed by atoms with van der Waals surface area (Å²) in [5.74, 6) is 0.707. The minimum Gasteiger partial charge on any atom is -0.356 e. The number of rotatable bonds is 1. The summed E-state index contributed by atoms with van der Waals surface area (Å²) >= 11 is 13.8. The van der Waals surface area contributed by atoms with Gasteiger partial charge in [-0.25, -0.2) is 0 Å². The fourth-order valence-electron chi connectivity index (χ4n) is 2.16. The van der Waals surface area contributed by atoms with Gasteiger partial charge in [-0.05, 0) is 24.3 Å². The van der Waals surface area contributed by atoms with Crippen LogP contribution in [0.15, 0.2) is 53.1 Å². The summed E-state index contributed by atoms with van der Waals surface area (Å²) in [5.41, 5.74) is 3.14. The fourth-order valence-corrected chi connectivity index (χ4v) is 3.63. The molecule has 2 aromatic rings. The van der Waals surface area contributed by atoms with Crippen molar-refractivity contribution in [2.45, 2.75) is 4.90 Å². The van der Waals surface area contributed by atoms with Crippen molar-refractivity contribution in [1.29, 1.82) is 5.26 Å². The average molecular weight is 333 g/mol. The third-order valence-corrected chi connectivity index (χ3v) is 4.81. The van der Waals surface area contributed by atoms with Crippen molar-refractivity contribution in [1.82, 2.24) is 0 Å². The second-order valence-electron chi connectivity index (χ2n) is 4.50. The molecule has 5 heteroatoms. The highest BCUT2D eigenvalue weighted by Gasteiger charge is 2.18. The minimum absolute atomic E-state index is 0.484. The molecule has 0 spiro atoms. The second-order valence-corrected chi connectivity index (χ2v) is 6.36. The molecule has 0 bridgehead atoms. The lowest BCUT2D eigenvalue weighted by Gasteiger charge is -2.21. The normalized spacial score (nSPS) is 15.7. The van der Waals surface area contributed by atoms with Crippen LogP contribution in [0.5, 0.6) is 0 Å². The molecule has 1 N–H and O–H groups in total. The van der Waals surface area contributed by atoms with Crippen LogP contribution in [0, 0.1) is 11.3 Å². The first kappa shape index (κ1) is 14.3. The van der Waals surface area contributed by atoms with Crippen LogP contribution < -0.4 is 5.32 Å². The van der Waals surface area contributed by atoms with Crippen LogP contribution in [0.4, 0.5) is 5.69 Å². The molecule has 3 rings (SSSR count). The van der Waals surface area contributed by atoms with Crippen molar-refractivity contribution in [3.8, 4) is 6.07 Å². The fraction of sp³-hybridized carbons (Fsp3) is 0.0625. The quantitative estimate of drug-likeness (QED) is 0.705. The first-order chi connectivity index (χ1) is 10.2. The molecule has 1 aliphatic rings. The molecular formula is C16H10Cl2N2S. The summed E-state index contributed by atoms with van der Waals surface area (Å²) in [6.45, 7) is 0. The number of fused-ring (bicyclic) bond motifs is 1. The predicted molar refractivity (Wildman–Crippen MR) is 89.8 cm³/mol.